The molecule has 1 aromatic carbocycles. The highest BCUT2D eigenvalue weighted by Crippen LogP contribution is 2.30. The fourth-order valence-electron chi connectivity index (χ4n) is 3.52. The van der Waals surface area contributed by atoms with Crippen LogP contribution in [0.2, 0.25) is 0 Å². The molecule has 0 aromatic heterocycles. The molecule has 2 rings (SSSR count). The average molecular weight is 443 g/mol. The molecule has 1 aliphatic heterocycles. The van der Waals surface area contributed by atoms with E-state index in [1.54, 1.807) is 19.1 Å². The van der Waals surface area contributed by atoms with E-state index in [1.165, 1.54) is 6.07 Å². The Morgan fingerprint density at radius 2 is 1.90 bits per heavy atom. The number of benzene rings is 1. The lowest BCUT2D eigenvalue weighted by Gasteiger charge is -2.37. The zero-order valence-electron chi connectivity index (χ0n) is 19.0. The normalized spacial score (nSPS) is 16.5. The molecule has 0 saturated carbocycles. The van der Waals surface area contributed by atoms with E-state index in [0.717, 1.165) is 45.0 Å². The smallest absolute Gasteiger partial charge is 0.387 e. The van der Waals surface area contributed by atoms with Gasteiger partial charge in [0, 0.05) is 32.2 Å². The highest BCUT2D eigenvalue weighted by atomic mass is 19.3. The maximum absolute atomic E-state index is 12.6. The van der Waals surface area contributed by atoms with Gasteiger partial charge in [-0.25, -0.2) is 4.99 Å². The summed E-state index contributed by atoms with van der Waals surface area (Å²) in [6.45, 7) is 11.0. The maximum Gasteiger partial charge on any atom is 0.387 e. The second-order valence-electron chi connectivity index (χ2n) is 7.63. The average Bonchev–Trinajstić information content (AvgIpc) is 2.74. The summed E-state index contributed by atoms with van der Waals surface area (Å²) in [4.78, 5) is 7.12. The Bertz CT molecular complexity index is 683. The molecular formula is C22H36F2N4O3. The first kappa shape index (κ1) is 25.1. The number of morpholine rings is 1. The van der Waals surface area contributed by atoms with Crippen molar-refractivity contribution in [3.63, 3.8) is 0 Å². The van der Waals surface area contributed by atoms with Gasteiger partial charge >= 0.3 is 6.61 Å². The first-order valence-corrected chi connectivity index (χ1v) is 11.0. The van der Waals surface area contributed by atoms with Crippen LogP contribution in [0.25, 0.3) is 0 Å². The van der Waals surface area contributed by atoms with Crippen molar-refractivity contribution in [1.29, 1.82) is 0 Å². The Hall–Kier alpha value is -2.13. The van der Waals surface area contributed by atoms with Crippen LogP contribution in [0.1, 0.15) is 33.3 Å². The number of aliphatic imine (C=N–C) groups is 1. The fraction of sp³-hybridized carbons (Fsp3) is 0.682. The van der Waals surface area contributed by atoms with Gasteiger partial charge in [0.1, 0.15) is 0 Å². The van der Waals surface area contributed by atoms with Crippen molar-refractivity contribution in [2.24, 2.45) is 10.9 Å². The number of nitrogens with zero attached hydrogens (tertiary/aromatic N) is 2. The quantitative estimate of drug-likeness (QED) is 0.406. The third-order valence-corrected chi connectivity index (χ3v) is 5.05. The van der Waals surface area contributed by atoms with Crippen LogP contribution in [0.3, 0.4) is 0 Å². The van der Waals surface area contributed by atoms with Gasteiger partial charge in [-0.15, -0.1) is 0 Å². The second-order valence-corrected chi connectivity index (χ2v) is 7.63. The molecule has 31 heavy (non-hydrogen) atoms. The van der Waals surface area contributed by atoms with Gasteiger partial charge in [-0.05, 0) is 37.5 Å². The first-order valence-electron chi connectivity index (χ1n) is 11.0. The SMILES string of the molecule is CCNC(=NCc1ccc(OC(F)F)c(OCC)c1)NCC(C(C)C)N1CCOCC1. The molecule has 1 fully saturated rings. The van der Waals surface area contributed by atoms with Crippen LogP contribution < -0.4 is 20.1 Å². The molecule has 1 aliphatic rings. The Balaban J connectivity index is 2.04. The zero-order chi connectivity index (χ0) is 22.6. The predicted molar refractivity (Wildman–Crippen MR) is 118 cm³/mol. The minimum Gasteiger partial charge on any atom is -0.490 e. The van der Waals surface area contributed by atoms with Crippen molar-refractivity contribution in [2.45, 2.75) is 46.9 Å². The van der Waals surface area contributed by atoms with Crippen molar-refractivity contribution in [1.82, 2.24) is 15.5 Å². The number of halogens is 2. The van der Waals surface area contributed by atoms with Gasteiger partial charge in [0.25, 0.3) is 0 Å². The molecule has 1 unspecified atom stereocenters. The number of hydrogen-bond acceptors (Lipinski definition) is 5. The van der Waals surface area contributed by atoms with Gasteiger partial charge < -0.3 is 24.8 Å². The van der Waals surface area contributed by atoms with Crippen molar-refractivity contribution in [3.05, 3.63) is 23.8 Å². The maximum atomic E-state index is 12.6. The summed E-state index contributed by atoms with van der Waals surface area (Å²) in [6.07, 6.45) is 0. The molecule has 1 saturated heterocycles. The Kier molecular flexibility index (Phi) is 10.8. The molecule has 0 spiro atoms. The van der Waals surface area contributed by atoms with Crippen molar-refractivity contribution < 1.29 is 23.0 Å². The van der Waals surface area contributed by atoms with Crippen LogP contribution in [0.5, 0.6) is 11.5 Å². The van der Waals surface area contributed by atoms with E-state index < -0.39 is 6.61 Å². The summed E-state index contributed by atoms with van der Waals surface area (Å²) in [5, 5.41) is 6.72. The summed E-state index contributed by atoms with van der Waals surface area (Å²) in [6, 6.07) is 5.29. The summed E-state index contributed by atoms with van der Waals surface area (Å²) < 4.78 is 40.6. The van der Waals surface area contributed by atoms with E-state index >= 15 is 0 Å². The summed E-state index contributed by atoms with van der Waals surface area (Å²) >= 11 is 0. The lowest BCUT2D eigenvalue weighted by molar-refractivity contribution is -0.0514. The third kappa shape index (κ3) is 8.49. The molecular weight excluding hydrogens is 406 g/mol. The monoisotopic (exact) mass is 442 g/mol. The molecule has 1 atom stereocenters. The Labute approximate surface area is 184 Å². The highest BCUT2D eigenvalue weighted by Gasteiger charge is 2.23. The van der Waals surface area contributed by atoms with E-state index in [4.69, 9.17) is 9.47 Å². The molecule has 7 nitrogen and oxygen atoms in total. The number of hydrogen-bond donors (Lipinski definition) is 2. The molecule has 1 aromatic rings. The molecule has 0 bridgehead atoms. The second kappa shape index (κ2) is 13.3. The minimum absolute atomic E-state index is 0.0277. The highest BCUT2D eigenvalue weighted by molar-refractivity contribution is 5.79. The fourth-order valence-corrected chi connectivity index (χ4v) is 3.52. The standard InChI is InChI=1S/C22H36F2N4O3/c1-5-25-22(27-15-18(16(3)4)28-9-11-29-12-10-28)26-14-17-7-8-19(31-21(23)24)20(13-17)30-6-2/h7-8,13,16,18,21H,5-6,9-12,14-15H2,1-4H3,(H2,25,26,27). The number of ether oxygens (including phenoxy) is 3. The molecule has 1 heterocycles. The van der Waals surface area contributed by atoms with Gasteiger partial charge in [-0.1, -0.05) is 19.9 Å². The predicted octanol–water partition coefficient (Wildman–Crippen LogP) is 3.10. The van der Waals surface area contributed by atoms with Gasteiger partial charge in [0.2, 0.25) is 0 Å². The minimum atomic E-state index is -2.90. The molecule has 9 heteroatoms. The zero-order valence-corrected chi connectivity index (χ0v) is 19.0. The van der Waals surface area contributed by atoms with E-state index in [2.05, 4.69) is 39.1 Å². The topological polar surface area (TPSA) is 67.4 Å². The molecule has 0 radical (unpaired) electrons. The number of guanidine groups is 1. The first-order chi connectivity index (χ1) is 14.9. The number of alkyl halides is 2. The summed E-state index contributed by atoms with van der Waals surface area (Å²) in [5.41, 5.74) is 0.843. The summed E-state index contributed by atoms with van der Waals surface area (Å²) in [5.74, 6) is 1.53. The van der Waals surface area contributed by atoms with E-state index in [1.807, 2.05) is 6.92 Å². The van der Waals surface area contributed by atoms with Crippen LogP contribution >= 0.6 is 0 Å². The molecule has 2 N–H and O–H groups in total. The van der Waals surface area contributed by atoms with Crippen LogP contribution in [-0.4, -0.2) is 69.5 Å². The summed E-state index contributed by atoms with van der Waals surface area (Å²) in [7, 11) is 0. The largest absolute Gasteiger partial charge is 0.490 e. The Morgan fingerprint density at radius 1 is 1.16 bits per heavy atom. The van der Waals surface area contributed by atoms with E-state index in [9.17, 15) is 8.78 Å². The van der Waals surface area contributed by atoms with E-state index in [0.29, 0.717) is 36.8 Å². The van der Waals surface area contributed by atoms with Crippen LogP contribution in [0, 0.1) is 5.92 Å². The van der Waals surface area contributed by atoms with Gasteiger partial charge in [0.15, 0.2) is 17.5 Å². The van der Waals surface area contributed by atoms with E-state index in [-0.39, 0.29) is 5.75 Å². The van der Waals surface area contributed by atoms with Crippen molar-refractivity contribution in [2.75, 3.05) is 46.0 Å². The lowest BCUT2D eigenvalue weighted by atomic mass is 10.0. The Morgan fingerprint density at radius 3 is 2.52 bits per heavy atom. The number of nitrogens with one attached hydrogen (secondary N) is 2. The van der Waals surface area contributed by atoms with Crippen LogP contribution in [-0.2, 0) is 11.3 Å². The van der Waals surface area contributed by atoms with Gasteiger partial charge in [0.05, 0.1) is 26.4 Å². The third-order valence-electron chi connectivity index (χ3n) is 5.05. The number of rotatable bonds is 11. The van der Waals surface area contributed by atoms with Gasteiger partial charge in [-0.2, -0.15) is 8.78 Å². The molecule has 176 valence electrons. The van der Waals surface area contributed by atoms with Gasteiger partial charge in [-0.3, -0.25) is 4.90 Å². The van der Waals surface area contributed by atoms with Crippen molar-refractivity contribution >= 4 is 5.96 Å². The molecule has 0 amide bonds. The van der Waals surface area contributed by atoms with Crippen molar-refractivity contribution in [3.8, 4) is 11.5 Å². The molecule has 0 aliphatic carbocycles. The lowest BCUT2D eigenvalue weighted by Crippen LogP contribution is -2.52. The van der Waals surface area contributed by atoms with Crippen LogP contribution in [0.4, 0.5) is 8.78 Å². The van der Waals surface area contributed by atoms with Crippen LogP contribution in [0.15, 0.2) is 23.2 Å².